The molecule has 1 amide bonds. The summed E-state index contributed by atoms with van der Waals surface area (Å²) in [7, 11) is -1.73. The van der Waals surface area contributed by atoms with Crippen LogP contribution in [0.15, 0.2) is 18.2 Å². The number of unbranched alkanes of at least 4 members (excludes halogenated alkanes) is 1. The van der Waals surface area contributed by atoms with E-state index < -0.39 is 10.0 Å². The van der Waals surface area contributed by atoms with Crippen molar-refractivity contribution in [3.63, 3.8) is 0 Å². The Balaban J connectivity index is 2.30. The van der Waals surface area contributed by atoms with Gasteiger partial charge in [0.15, 0.2) is 0 Å². The minimum atomic E-state index is -3.28. The van der Waals surface area contributed by atoms with E-state index in [1.807, 2.05) is 12.1 Å². The maximum absolute atomic E-state index is 12.1. The van der Waals surface area contributed by atoms with Crippen molar-refractivity contribution >= 4 is 27.3 Å². The van der Waals surface area contributed by atoms with Gasteiger partial charge in [0.05, 0.1) is 17.9 Å². The Morgan fingerprint density at radius 3 is 2.62 bits per heavy atom. The lowest BCUT2D eigenvalue weighted by Gasteiger charge is -2.20. The molecule has 0 saturated heterocycles. The molecule has 0 aliphatic carbocycles. The number of sulfonamides is 1. The molecular formula is C15H22N2O3S. The SMILES string of the molecule is CCCCN1C(=O)Cc2cc(N(C)S(=O)(=O)CC)ccc21. The lowest BCUT2D eigenvalue weighted by atomic mass is 10.1. The number of carbonyl (C=O) groups excluding carboxylic acids is 1. The van der Waals surface area contributed by atoms with E-state index in [-0.39, 0.29) is 11.7 Å². The van der Waals surface area contributed by atoms with E-state index in [0.29, 0.717) is 12.1 Å². The van der Waals surface area contributed by atoms with Gasteiger partial charge in [-0.25, -0.2) is 8.42 Å². The highest BCUT2D eigenvalue weighted by Gasteiger charge is 2.28. The number of nitrogens with zero attached hydrogens (tertiary/aromatic N) is 2. The second-order valence-corrected chi connectivity index (χ2v) is 7.55. The smallest absolute Gasteiger partial charge is 0.234 e. The summed E-state index contributed by atoms with van der Waals surface area (Å²) in [6.45, 7) is 4.44. The van der Waals surface area contributed by atoms with Crippen molar-refractivity contribution in [3.8, 4) is 0 Å². The van der Waals surface area contributed by atoms with Crippen molar-refractivity contribution in [2.24, 2.45) is 0 Å². The van der Waals surface area contributed by atoms with Crippen LogP contribution in [0, 0.1) is 0 Å². The van der Waals surface area contributed by atoms with Crippen LogP contribution in [0.5, 0.6) is 0 Å². The highest BCUT2D eigenvalue weighted by Crippen LogP contribution is 2.33. The lowest BCUT2D eigenvalue weighted by Crippen LogP contribution is -2.28. The summed E-state index contributed by atoms with van der Waals surface area (Å²) in [4.78, 5) is 13.9. The normalized spacial score (nSPS) is 14.4. The van der Waals surface area contributed by atoms with Gasteiger partial charge in [0.2, 0.25) is 15.9 Å². The summed E-state index contributed by atoms with van der Waals surface area (Å²) in [6.07, 6.45) is 2.36. The lowest BCUT2D eigenvalue weighted by molar-refractivity contribution is -0.117. The molecule has 0 fully saturated rings. The fourth-order valence-electron chi connectivity index (χ4n) is 2.48. The molecule has 1 aliphatic heterocycles. The molecule has 1 heterocycles. The van der Waals surface area contributed by atoms with E-state index in [4.69, 9.17) is 0 Å². The second-order valence-electron chi connectivity index (χ2n) is 5.26. The number of rotatable bonds is 6. The second kappa shape index (κ2) is 6.05. The van der Waals surface area contributed by atoms with Gasteiger partial charge >= 0.3 is 0 Å². The number of amides is 1. The van der Waals surface area contributed by atoms with Gasteiger partial charge in [-0.3, -0.25) is 9.10 Å². The first kappa shape index (κ1) is 15.8. The Morgan fingerprint density at radius 2 is 2.00 bits per heavy atom. The van der Waals surface area contributed by atoms with Crippen molar-refractivity contribution in [1.29, 1.82) is 0 Å². The van der Waals surface area contributed by atoms with Gasteiger partial charge in [-0.05, 0) is 37.1 Å². The van der Waals surface area contributed by atoms with Gasteiger partial charge in [0.1, 0.15) is 0 Å². The van der Waals surface area contributed by atoms with Gasteiger partial charge in [0.25, 0.3) is 0 Å². The topological polar surface area (TPSA) is 57.7 Å². The van der Waals surface area contributed by atoms with Crippen molar-refractivity contribution in [3.05, 3.63) is 23.8 Å². The summed E-state index contributed by atoms with van der Waals surface area (Å²) < 4.78 is 25.1. The number of benzene rings is 1. The third kappa shape index (κ3) is 3.05. The molecule has 0 aromatic heterocycles. The van der Waals surface area contributed by atoms with E-state index in [1.165, 1.54) is 4.31 Å². The van der Waals surface area contributed by atoms with Crippen molar-refractivity contribution < 1.29 is 13.2 Å². The van der Waals surface area contributed by atoms with E-state index in [0.717, 1.165) is 30.6 Å². The average Bonchev–Trinajstić information content (AvgIpc) is 2.78. The van der Waals surface area contributed by atoms with Gasteiger partial charge in [-0.2, -0.15) is 0 Å². The van der Waals surface area contributed by atoms with E-state index in [9.17, 15) is 13.2 Å². The van der Waals surface area contributed by atoms with E-state index in [1.54, 1.807) is 24.9 Å². The van der Waals surface area contributed by atoms with Crippen LogP contribution in [0.1, 0.15) is 32.3 Å². The maximum Gasteiger partial charge on any atom is 0.234 e. The molecule has 1 aromatic rings. The molecule has 0 bridgehead atoms. The maximum atomic E-state index is 12.1. The van der Waals surface area contributed by atoms with Gasteiger partial charge in [0, 0.05) is 19.3 Å². The molecule has 5 nitrogen and oxygen atoms in total. The molecule has 0 saturated carbocycles. The fourth-order valence-corrected chi connectivity index (χ4v) is 3.30. The van der Waals surface area contributed by atoms with Crippen molar-refractivity contribution in [1.82, 2.24) is 0 Å². The molecule has 2 rings (SSSR count). The van der Waals surface area contributed by atoms with Crippen LogP contribution < -0.4 is 9.21 Å². The molecule has 0 N–H and O–H groups in total. The van der Waals surface area contributed by atoms with Crippen LogP contribution in [-0.4, -0.2) is 33.7 Å². The monoisotopic (exact) mass is 310 g/mol. The van der Waals surface area contributed by atoms with Crippen LogP contribution >= 0.6 is 0 Å². The Hall–Kier alpha value is -1.56. The first-order valence-electron chi connectivity index (χ1n) is 7.30. The van der Waals surface area contributed by atoms with E-state index >= 15 is 0 Å². The number of anilines is 2. The van der Waals surface area contributed by atoms with Gasteiger partial charge in [-0.15, -0.1) is 0 Å². The molecule has 116 valence electrons. The predicted octanol–water partition coefficient (Wildman–Crippen LogP) is 2.16. The molecule has 1 aliphatic rings. The standard InChI is InChI=1S/C15H22N2O3S/c1-4-6-9-17-14-8-7-13(10-12(14)11-15(17)18)16(3)21(19,20)5-2/h7-8,10H,4-6,9,11H2,1-3H3. The zero-order valence-electron chi connectivity index (χ0n) is 12.8. The number of hydrogen-bond donors (Lipinski definition) is 0. The zero-order valence-corrected chi connectivity index (χ0v) is 13.6. The summed E-state index contributed by atoms with van der Waals surface area (Å²) in [5.74, 6) is 0.152. The molecule has 21 heavy (non-hydrogen) atoms. The van der Waals surface area contributed by atoms with Gasteiger partial charge in [-0.1, -0.05) is 13.3 Å². The van der Waals surface area contributed by atoms with Crippen LogP contribution in [0.4, 0.5) is 11.4 Å². The first-order valence-corrected chi connectivity index (χ1v) is 8.91. The van der Waals surface area contributed by atoms with Crippen molar-refractivity contribution in [2.45, 2.75) is 33.1 Å². The van der Waals surface area contributed by atoms with Crippen LogP contribution in [0.2, 0.25) is 0 Å². The third-order valence-electron chi connectivity index (χ3n) is 3.88. The Kier molecular flexibility index (Phi) is 4.56. The molecule has 0 atom stereocenters. The highest BCUT2D eigenvalue weighted by atomic mass is 32.2. The first-order chi connectivity index (χ1) is 9.90. The summed E-state index contributed by atoms with van der Waals surface area (Å²) >= 11 is 0. The quantitative estimate of drug-likeness (QED) is 0.809. The number of hydrogen-bond acceptors (Lipinski definition) is 3. The van der Waals surface area contributed by atoms with Crippen LogP contribution in [0.3, 0.4) is 0 Å². The number of carbonyl (C=O) groups is 1. The van der Waals surface area contributed by atoms with Crippen molar-refractivity contribution in [2.75, 3.05) is 28.6 Å². The van der Waals surface area contributed by atoms with Crippen LogP contribution in [0.25, 0.3) is 0 Å². The highest BCUT2D eigenvalue weighted by molar-refractivity contribution is 7.92. The molecule has 0 spiro atoms. The average molecular weight is 310 g/mol. The molecular weight excluding hydrogens is 288 g/mol. The molecule has 0 radical (unpaired) electrons. The van der Waals surface area contributed by atoms with Crippen LogP contribution in [-0.2, 0) is 21.2 Å². The van der Waals surface area contributed by atoms with E-state index in [2.05, 4.69) is 6.92 Å². The molecule has 0 unspecified atom stereocenters. The molecule has 6 heteroatoms. The summed E-state index contributed by atoms with van der Waals surface area (Å²) in [6, 6.07) is 5.43. The fraction of sp³-hybridized carbons (Fsp3) is 0.533. The number of fused-ring (bicyclic) bond motifs is 1. The predicted molar refractivity (Wildman–Crippen MR) is 85.3 cm³/mol. The minimum Gasteiger partial charge on any atom is -0.312 e. The largest absolute Gasteiger partial charge is 0.312 e. The minimum absolute atomic E-state index is 0.0577. The Morgan fingerprint density at radius 1 is 1.29 bits per heavy atom. The van der Waals surface area contributed by atoms with Gasteiger partial charge < -0.3 is 4.90 Å². The Labute approximate surface area is 126 Å². The zero-order chi connectivity index (χ0) is 15.6. The molecule has 1 aromatic carbocycles. The summed E-state index contributed by atoms with van der Waals surface area (Å²) in [5.41, 5.74) is 2.44. The Bertz CT molecular complexity index is 640. The third-order valence-corrected chi connectivity index (χ3v) is 5.65. The summed E-state index contributed by atoms with van der Waals surface area (Å²) in [5, 5.41) is 0.